The summed E-state index contributed by atoms with van der Waals surface area (Å²) < 4.78 is 5.16. The molecule has 0 saturated carbocycles. The Hall–Kier alpha value is -2.88. The van der Waals surface area contributed by atoms with Gasteiger partial charge < -0.3 is 9.72 Å². The maximum Gasteiger partial charge on any atom is 0.313 e. The van der Waals surface area contributed by atoms with Gasteiger partial charge in [0.2, 0.25) is 0 Å². The molecule has 0 saturated heterocycles. The van der Waals surface area contributed by atoms with Crippen LogP contribution in [0.2, 0.25) is 0 Å². The second-order valence-electron chi connectivity index (χ2n) is 5.54. The van der Waals surface area contributed by atoms with Gasteiger partial charge in [-0.05, 0) is 6.42 Å². The normalized spacial score (nSPS) is 10.5. The quantitative estimate of drug-likeness (QED) is 0.691. The first-order valence-electron chi connectivity index (χ1n) is 8.13. The molecule has 0 unspecified atom stereocenters. The third-order valence-corrected chi connectivity index (χ3v) is 3.64. The van der Waals surface area contributed by atoms with Crippen molar-refractivity contribution in [3.8, 4) is 22.5 Å². The lowest BCUT2D eigenvalue weighted by Gasteiger charge is -2.02. The summed E-state index contributed by atoms with van der Waals surface area (Å²) in [5.74, 6) is 0.360. The fourth-order valence-corrected chi connectivity index (χ4v) is 2.53. The van der Waals surface area contributed by atoms with Crippen LogP contribution in [0.3, 0.4) is 0 Å². The zero-order valence-corrected chi connectivity index (χ0v) is 13.7. The summed E-state index contributed by atoms with van der Waals surface area (Å²) in [6.07, 6.45) is 0.959. The molecule has 3 rings (SSSR count). The van der Waals surface area contributed by atoms with Gasteiger partial charge in [0.1, 0.15) is 12.2 Å². The number of aromatic amines is 1. The minimum atomic E-state index is -0.259. The number of carbonyl (C=O) groups excluding carboxylic acids is 1. The number of carbonyl (C=O) groups is 1. The summed E-state index contributed by atoms with van der Waals surface area (Å²) in [5.41, 5.74) is 3.82. The summed E-state index contributed by atoms with van der Waals surface area (Å²) in [7, 11) is 0. The van der Waals surface area contributed by atoms with Crippen LogP contribution in [0.15, 0.2) is 60.7 Å². The standard InChI is InChI=1S/C20H20N2O2/c1-2-13-24-18(23)14-17-21-19(15-9-5-3-6-10-15)20(22-17)16-11-7-4-8-12-16/h3-12H,2,13-14H2,1H3,(H,21,22). The number of hydrogen-bond donors (Lipinski definition) is 1. The van der Waals surface area contributed by atoms with Crippen molar-refractivity contribution in [1.29, 1.82) is 0 Å². The Morgan fingerprint density at radius 1 is 1.00 bits per heavy atom. The molecule has 0 aliphatic rings. The van der Waals surface area contributed by atoms with Crippen LogP contribution >= 0.6 is 0 Å². The van der Waals surface area contributed by atoms with E-state index < -0.39 is 0 Å². The van der Waals surface area contributed by atoms with E-state index in [0.717, 1.165) is 28.9 Å². The Bertz CT molecular complexity index is 738. The van der Waals surface area contributed by atoms with Crippen molar-refractivity contribution in [1.82, 2.24) is 9.97 Å². The Morgan fingerprint density at radius 2 is 1.62 bits per heavy atom. The van der Waals surface area contributed by atoms with Gasteiger partial charge in [0.05, 0.1) is 18.0 Å². The summed E-state index contributed by atoms with van der Waals surface area (Å²) >= 11 is 0. The lowest BCUT2D eigenvalue weighted by Crippen LogP contribution is -2.09. The number of benzene rings is 2. The number of nitrogens with zero attached hydrogens (tertiary/aromatic N) is 1. The molecule has 4 heteroatoms. The van der Waals surface area contributed by atoms with E-state index in [0.29, 0.717) is 12.4 Å². The predicted octanol–water partition coefficient (Wildman–Crippen LogP) is 4.24. The zero-order chi connectivity index (χ0) is 16.8. The molecule has 3 aromatic rings. The molecule has 0 atom stereocenters. The molecule has 2 aromatic carbocycles. The molecule has 1 heterocycles. The van der Waals surface area contributed by atoms with Crippen LogP contribution in [-0.2, 0) is 16.0 Å². The van der Waals surface area contributed by atoms with Gasteiger partial charge in [-0.25, -0.2) is 4.98 Å². The molecule has 0 aliphatic carbocycles. The lowest BCUT2D eigenvalue weighted by molar-refractivity contribution is -0.142. The largest absolute Gasteiger partial charge is 0.465 e. The minimum absolute atomic E-state index is 0.146. The van der Waals surface area contributed by atoms with Gasteiger partial charge in [0.15, 0.2) is 0 Å². The van der Waals surface area contributed by atoms with Gasteiger partial charge >= 0.3 is 5.97 Å². The first-order chi connectivity index (χ1) is 11.8. The third kappa shape index (κ3) is 3.71. The van der Waals surface area contributed by atoms with E-state index in [2.05, 4.69) is 9.97 Å². The third-order valence-electron chi connectivity index (χ3n) is 3.64. The van der Waals surface area contributed by atoms with E-state index in [1.807, 2.05) is 67.6 Å². The van der Waals surface area contributed by atoms with Crippen LogP contribution in [0.1, 0.15) is 19.2 Å². The molecule has 1 N–H and O–H groups in total. The zero-order valence-electron chi connectivity index (χ0n) is 13.7. The summed E-state index contributed by atoms with van der Waals surface area (Å²) in [6.45, 7) is 2.41. The van der Waals surface area contributed by atoms with E-state index in [9.17, 15) is 4.79 Å². The number of imidazole rings is 1. The molecular weight excluding hydrogens is 300 g/mol. The number of nitrogens with one attached hydrogen (secondary N) is 1. The van der Waals surface area contributed by atoms with Crippen LogP contribution in [0.25, 0.3) is 22.5 Å². The van der Waals surface area contributed by atoms with Gasteiger partial charge in [0, 0.05) is 11.1 Å². The number of esters is 1. The van der Waals surface area contributed by atoms with Gasteiger partial charge in [-0.3, -0.25) is 4.79 Å². The fraction of sp³-hybridized carbons (Fsp3) is 0.200. The SMILES string of the molecule is CCCOC(=O)Cc1nc(-c2ccccc2)c(-c2ccccc2)[nH]1. The Kier molecular flexibility index (Phi) is 5.06. The average molecular weight is 320 g/mol. The van der Waals surface area contributed by atoms with Crippen LogP contribution in [0.4, 0.5) is 0 Å². The van der Waals surface area contributed by atoms with Crippen LogP contribution in [0, 0.1) is 0 Å². The molecule has 122 valence electrons. The average Bonchev–Trinajstić information content (AvgIpc) is 3.05. The lowest BCUT2D eigenvalue weighted by atomic mass is 10.1. The summed E-state index contributed by atoms with van der Waals surface area (Å²) in [5, 5.41) is 0. The molecule has 0 spiro atoms. The molecular formula is C20H20N2O2. The minimum Gasteiger partial charge on any atom is -0.465 e. The summed E-state index contributed by atoms with van der Waals surface area (Å²) in [4.78, 5) is 19.8. The number of ether oxygens (including phenoxy) is 1. The van der Waals surface area contributed by atoms with Gasteiger partial charge in [-0.2, -0.15) is 0 Å². The van der Waals surface area contributed by atoms with E-state index in [1.165, 1.54) is 0 Å². The molecule has 0 aliphatic heterocycles. The molecule has 4 nitrogen and oxygen atoms in total. The second kappa shape index (κ2) is 7.59. The number of rotatable bonds is 6. The predicted molar refractivity (Wildman–Crippen MR) is 94.4 cm³/mol. The van der Waals surface area contributed by atoms with Crippen LogP contribution in [0.5, 0.6) is 0 Å². The Morgan fingerprint density at radius 3 is 2.25 bits per heavy atom. The van der Waals surface area contributed by atoms with Crippen molar-refractivity contribution in [2.45, 2.75) is 19.8 Å². The van der Waals surface area contributed by atoms with Crippen molar-refractivity contribution in [3.63, 3.8) is 0 Å². The number of hydrogen-bond acceptors (Lipinski definition) is 3. The molecule has 0 fully saturated rings. The monoisotopic (exact) mass is 320 g/mol. The highest BCUT2D eigenvalue weighted by Crippen LogP contribution is 2.30. The van der Waals surface area contributed by atoms with Gasteiger partial charge in [-0.1, -0.05) is 67.6 Å². The van der Waals surface area contributed by atoms with Crippen molar-refractivity contribution in [2.24, 2.45) is 0 Å². The van der Waals surface area contributed by atoms with E-state index in [-0.39, 0.29) is 12.4 Å². The summed E-state index contributed by atoms with van der Waals surface area (Å²) in [6, 6.07) is 20.0. The maximum atomic E-state index is 11.9. The van der Waals surface area contributed by atoms with Crippen molar-refractivity contribution < 1.29 is 9.53 Å². The highest BCUT2D eigenvalue weighted by atomic mass is 16.5. The first kappa shape index (κ1) is 16.0. The molecule has 0 radical (unpaired) electrons. The molecule has 1 aromatic heterocycles. The van der Waals surface area contributed by atoms with Gasteiger partial charge in [-0.15, -0.1) is 0 Å². The smallest absolute Gasteiger partial charge is 0.313 e. The molecule has 0 amide bonds. The van der Waals surface area contributed by atoms with Gasteiger partial charge in [0.25, 0.3) is 0 Å². The molecule has 0 bridgehead atoms. The van der Waals surface area contributed by atoms with Crippen LogP contribution in [-0.4, -0.2) is 22.5 Å². The molecule has 24 heavy (non-hydrogen) atoms. The fourth-order valence-electron chi connectivity index (χ4n) is 2.53. The Balaban J connectivity index is 1.96. The van der Waals surface area contributed by atoms with E-state index in [4.69, 9.17) is 4.74 Å². The number of aromatic nitrogens is 2. The first-order valence-corrected chi connectivity index (χ1v) is 8.13. The second-order valence-corrected chi connectivity index (χ2v) is 5.54. The topological polar surface area (TPSA) is 55.0 Å². The van der Waals surface area contributed by atoms with Crippen molar-refractivity contribution >= 4 is 5.97 Å². The Labute approximate surface area is 141 Å². The highest BCUT2D eigenvalue weighted by molar-refractivity contribution is 5.79. The van der Waals surface area contributed by atoms with Crippen molar-refractivity contribution in [2.75, 3.05) is 6.61 Å². The van der Waals surface area contributed by atoms with Crippen LogP contribution < -0.4 is 0 Å². The van der Waals surface area contributed by atoms with E-state index >= 15 is 0 Å². The maximum absolute atomic E-state index is 11.9. The van der Waals surface area contributed by atoms with Crippen molar-refractivity contribution in [3.05, 3.63) is 66.5 Å². The highest BCUT2D eigenvalue weighted by Gasteiger charge is 2.16. The van der Waals surface area contributed by atoms with E-state index in [1.54, 1.807) is 0 Å². The number of H-pyrrole nitrogens is 1.